The summed E-state index contributed by atoms with van der Waals surface area (Å²) >= 11 is 0. The average Bonchev–Trinajstić information content (AvgIpc) is 2.96. The van der Waals surface area contributed by atoms with Crippen molar-refractivity contribution in [3.8, 4) is 0 Å². The number of carbonyl (C=O) groups excluding carboxylic acids is 1. The van der Waals surface area contributed by atoms with Gasteiger partial charge in [-0.2, -0.15) is 5.10 Å². The lowest BCUT2D eigenvalue weighted by molar-refractivity contribution is -0.133. The zero-order valence-electron chi connectivity index (χ0n) is 15.6. The number of ether oxygens (including phenoxy) is 2. The fourth-order valence-electron chi connectivity index (χ4n) is 3.08. The largest absolute Gasteiger partial charge is 0.379 e. The van der Waals surface area contributed by atoms with Crippen molar-refractivity contribution in [3.63, 3.8) is 0 Å². The average molecular weight is 337 g/mol. The zero-order valence-corrected chi connectivity index (χ0v) is 15.6. The number of carbonyl (C=O) groups is 1. The van der Waals surface area contributed by atoms with Gasteiger partial charge in [0.2, 0.25) is 5.91 Å². The van der Waals surface area contributed by atoms with Gasteiger partial charge in [-0.1, -0.05) is 0 Å². The highest BCUT2D eigenvalue weighted by molar-refractivity contribution is 5.80. The summed E-state index contributed by atoms with van der Waals surface area (Å²) in [4.78, 5) is 12.4. The molecule has 0 spiro atoms. The molecule has 0 aromatic carbocycles. The second-order valence-electron chi connectivity index (χ2n) is 7.29. The predicted octanol–water partition coefficient (Wildman–Crippen LogP) is 2.57. The monoisotopic (exact) mass is 337 g/mol. The highest BCUT2D eigenvalue weighted by atomic mass is 16.5. The third-order valence-electron chi connectivity index (χ3n) is 4.30. The molecule has 1 aromatic rings. The zero-order chi connectivity index (χ0) is 17.7. The van der Waals surface area contributed by atoms with Crippen LogP contribution in [0.2, 0.25) is 0 Å². The van der Waals surface area contributed by atoms with Crippen molar-refractivity contribution in [2.45, 2.75) is 71.6 Å². The van der Waals surface area contributed by atoms with Crippen LogP contribution in [0.3, 0.4) is 0 Å². The maximum absolute atomic E-state index is 12.4. The van der Waals surface area contributed by atoms with Crippen molar-refractivity contribution in [1.29, 1.82) is 0 Å². The Morgan fingerprint density at radius 1 is 1.46 bits per heavy atom. The van der Waals surface area contributed by atoms with Crippen LogP contribution in [-0.2, 0) is 26.2 Å². The first-order valence-corrected chi connectivity index (χ1v) is 8.91. The quantitative estimate of drug-likeness (QED) is 0.777. The number of amides is 1. The maximum Gasteiger partial charge on any atom is 0.249 e. The molecule has 2 atom stereocenters. The van der Waals surface area contributed by atoms with Crippen LogP contribution in [0.25, 0.3) is 0 Å². The van der Waals surface area contributed by atoms with Crippen LogP contribution in [0, 0.1) is 0 Å². The molecule has 2 rings (SSSR count). The summed E-state index contributed by atoms with van der Waals surface area (Å²) in [6.45, 7) is 11.8. The van der Waals surface area contributed by atoms with E-state index in [4.69, 9.17) is 9.47 Å². The topological polar surface area (TPSA) is 65.4 Å². The van der Waals surface area contributed by atoms with Gasteiger partial charge in [-0.15, -0.1) is 0 Å². The van der Waals surface area contributed by atoms with Gasteiger partial charge in [0, 0.05) is 17.9 Å². The van der Waals surface area contributed by atoms with Crippen LogP contribution < -0.4 is 5.32 Å². The number of nitrogens with zero attached hydrogens (tertiary/aromatic N) is 2. The number of rotatable bonds is 7. The molecule has 136 valence electrons. The van der Waals surface area contributed by atoms with Crippen molar-refractivity contribution in [2.24, 2.45) is 0 Å². The van der Waals surface area contributed by atoms with Gasteiger partial charge in [0.25, 0.3) is 0 Å². The first kappa shape index (κ1) is 18.9. The molecule has 1 amide bonds. The summed E-state index contributed by atoms with van der Waals surface area (Å²) < 4.78 is 12.8. The minimum absolute atomic E-state index is 0.0234. The normalized spacial score (nSPS) is 19.0. The minimum Gasteiger partial charge on any atom is -0.379 e. The summed E-state index contributed by atoms with van der Waals surface area (Å²) in [6, 6.07) is 0.0234. The van der Waals surface area contributed by atoms with Crippen molar-refractivity contribution in [2.75, 3.05) is 19.8 Å². The van der Waals surface area contributed by atoms with Crippen LogP contribution in [0.5, 0.6) is 0 Å². The number of aromatic nitrogens is 2. The van der Waals surface area contributed by atoms with Crippen molar-refractivity contribution in [3.05, 3.63) is 17.5 Å². The molecule has 1 aliphatic carbocycles. The van der Waals surface area contributed by atoms with Gasteiger partial charge in [-0.05, 0) is 53.9 Å². The van der Waals surface area contributed by atoms with E-state index in [-0.39, 0.29) is 17.5 Å². The third kappa shape index (κ3) is 4.57. The Hall–Kier alpha value is -1.40. The van der Waals surface area contributed by atoms with Crippen LogP contribution in [0.15, 0.2) is 6.20 Å². The highest BCUT2D eigenvalue weighted by Gasteiger charge is 2.29. The Balaban J connectivity index is 1.97. The number of hydrogen-bond donors (Lipinski definition) is 1. The van der Waals surface area contributed by atoms with Gasteiger partial charge < -0.3 is 14.8 Å². The molecule has 0 radical (unpaired) electrons. The Labute approximate surface area is 144 Å². The fraction of sp³-hybridized carbons (Fsp3) is 0.778. The lowest BCUT2D eigenvalue weighted by Crippen LogP contribution is -2.39. The van der Waals surface area contributed by atoms with Crippen LogP contribution >= 0.6 is 0 Å². The Morgan fingerprint density at radius 2 is 2.21 bits per heavy atom. The summed E-state index contributed by atoms with van der Waals surface area (Å²) in [6.07, 6.45) is 4.44. The van der Waals surface area contributed by atoms with Crippen molar-refractivity contribution in [1.82, 2.24) is 15.1 Å². The van der Waals surface area contributed by atoms with Gasteiger partial charge in [0.05, 0.1) is 31.0 Å². The van der Waals surface area contributed by atoms with E-state index < -0.39 is 6.10 Å². The van der Waals surface area contributed by atoms with Crippen LogP contribution in [0.4, 0.5) is 0 Å². The third-order valence-corrected chi connectivity index (χ3v) is 4.30. The second kappa shape index (κ2) is 8.12. The molecule has 24 heavy (non-hydrogen) atoms. The van der Waals surface area contributed by atoms with Gasteiger partial charge in [-0.25, -0.2) is 0 Å². The molecular formula is C18H31N3O3. The van der Waals surface area contributed by atoms with Crippen molar-refractivity contribution < 1.29 is 14.3 Å². The van der Waals surface area contributed by atoms with E-state index in [0.29, 0.717) is 19.8 Å². The molecule has 0 bridgehead atoms. The minimum atomic E-state index is -0.478. The SMILES string of the molecule is CCOCCO[C@H](C)C(=O)N[C@H]1CCCc2c1cnn2C(C)(C)C. The van der Waals surface area contributed by atoms with Crippen LogP contribution in [0.1, 0.15) is 64.8 Å². The maximum atomic E-state index is 12.4. The molecule has 0 fully saturated rings. The predicted molar refractivity (Wildman–Crippen MR) is 93.0 cm³/mol. The summed E-state index contributed by atoms with van der Waals surface area (Å²) in [5, 5.41) is 7.68. The lowest BCUT2D eigenvalue weighted by Gasteiger charge is -2.28. The van der Waals surface area contributed by atoms with Gasteiger partial charge in [-0.3, -0.25) is 9.48 Å². The van der Waals surface area contributed by atoms with E-state index in [9.17, 15) is 4.79 Å². The molecule has 1 N–H and O–H groups in total. The highest BCUT2D eigenvalue weighted by Crippen LogP contribution is 2.32. The molecule has 6 nitrogen and oxygen atoms in total. The van der Waals surface area contributed by atoms with Crippen LogP contribution in [-0.4, -0.2) is 41.6 Å². The summed E-state index contributed by atoms with van der Waals surface area (Å²) in [5.41, 5.74) is 2.34. The summed E-state index contributed by atoms with van der Waals surface area (Å²) in [7, 11) is 0. The van der Waals surface area contributed by atoms with Crippen molar-refractivity contribution >= 4 is 5.91 Å². The standard InChI is InChI=1S/C18H31N3O3/c1-6-23-10-11-24-13(2)17(22)20-15-8-7-9-16-14(15)12-19-21(16)18(3,4)5/h12-13,15H,6-11H2,1-5H3,(H,20,22)/t13-,15+/m1/s1. The van der Waals surface area contributed by atoms with E-state index in [1.807, 2.05) is 13.1 Å². The second-order valence-corrected chi connectivity index (χ2v) is 7.29. The van der Waals surface area contributed by atoms with E-state index in [1.54, 1.807) is 6.92 Å². The lowest BCUT2D eigenvalue weighted by atomic mass is 9.92. The van der Waals surface area contributed by atoms with Gasteiger partial charge >= 0.3 is 0 Å². The molecule has 0 saturated heterocycles. The van der Waals surface area contributed by atoms with E-state index >= 15 is 0 Å². The Morgan fingerprint density at radius 3 is 2.88 bits per heavy atom. The smallest absolute Gasteiger partial charge is 0.249 e. The number of nitrogens with one attached hydrogen (secondary N) is 1. The molecule has 1 heterocycles. The number of fused-ring (bicyclic) bond motifs is 1. The summed E-state index contributed by atoms with van der Waals surface area (Å²) in [5.74, 6) is -0.0761. The molecule has 0 saturated carbocycles. The Bertz CT molecular complexity index is 548. The molecule has 1 aliphatic rings. The van der Waals surface area contributed by atoms with Gasteiger partial charge in [0.15, 0.2) is 0 Å². The molecule has 0 aliphatic heterocycles. The Kier molecular flexibility index (Phi) is 6.40. The molecular weight excluding hydrogens is 306 g/mol. The fourth-order valence-corrected chi connectivity index (χ4v) is 3.08. The molecule has 1 aromatic heterocycles. The number of hydrogen-bond acceptors (Lipinski definition) is 4. The van der Waals surface area contributed by atoms with E-state index in [0.717, 1.165) is 24.8 Å². The molecule has 6 heteroatoms. The first-order valence-electron chi connectivity index (χ1n) is 8.91. The molecule has 0 unspecified atom stereocenters. The first-order chi connectivity index (χ1) is 11.3. The van der Waals surface area contributed by atoms with Gasteiger partial charge in [0.1, 0.15) is 6.10 Å². The van der Waals surface area contributed by atoms with E-state index in [2.05, 4.69) is 35.9 Å². The van der Waals surface area contributed by atoms with E-state index in [1.165, 1.54) is 5.69 Å².